The molecule has 45 heavy (non-hydrogen) atoms. The molecule has 4 heterocycles. The van der Waals surface area contributed by atoms with Crippen LogP contribution in [0.1, 0.15) is 0 Å². The summed E-state index contributed by atoms with van der Waals surface area (Å²) >= 11 is 0. The minimum atomic E-state index is 0.894. The second-order valence-corrected chi connectivity index (χ2v) is 11.6. The Morgan fingerprint density at radius 1 is 0.289 bits per heavy atom. The number of fused-ring (bicyclic) bond motifs is 9. The van der Waals surface area contributed by atoms with E-state index < -0.39 is 0 Å². The first-order valence-electron chi connectivity index (χ1n) is 15.3. The first-order chi connectivity index (χ1) is 22.3. The van der Waals surface area contributed by atoms with E-state index >= 15 is 0 Å². The lowest BCUT2D eigenvalue weighted by Gasteiger charge is -2.12. The van der Waals surface area contributed by atoms with Gasteiger partial charge in [-0.2, -0.15) is 0 Å². The standard InChI is InChI=1S/C41H26N4/c1-6-17-34-28(12-1)29-13-2-7-18-35(29)43(34)27-24-25-39-33(26-27)32-16-5-10-21-38(32)45(39)41-23-11-22-40(42-41)44-36-19-8-3-14-30(36)31-15-4-9-20-37(31)44/h1-26H. The molecule has 0 radical (unpaired) electrons. The van der Waals surface area contributed by atoms with Crippen molar-refractivity contribution in [3.63, 3.8) is 0 Å². The molecule has 4 aromatic heterocycles. The van der Waals surface area contributed by atoms with Gasteiger partial charge in [0.25, 0.3) is 0 Å². The molecule has 10 rings (SSSR count). The highest BCUT2D eigenvalue weighted by molar-refractivity contribution is 6.12. The van der Waals surface area contributed by atoms with E-state index in [4.69, 9.17) is 4.98 Å². The maximum atomic E-state index is 5.33. The van der Waals surface area contributed by atoms with Gasteiger partial charge in [-0.25, -0.2) is 4.98 Å². The van der Waals surface area contributed by atoms with Crippen molar-refractivity contribution in [3.8, 4) is 17.3 Å². The van der Waals surface area contributed by atoms with Crippen molar-refractivity contribution in [2.75, 3.05) is 0 Å². The molecule has 0 aliphatic carbocycles. The molecule has 0 saturated heterocycles. The van der Waals surface area contributed by atoms with Crippen molar-refractivity contribution in [1.82, 2.24) is 18.7 Å². The van der Waals surface area contributed by atoms with E-state index in [0.29, 0.717) is 0 Å². The number of aromatic nitrogens is 4. The molecule has 0 bridgehead atoms. The molecule has 0 fully saturated rings. The van der Waals surface area contributed by atoms with Gasteiger partial charge < -0.3 is 4.57 Å². The summed E-state index contributed by atoms with van der Waals surface area (Å²) in [4.78, 5) is 5.33. The van der Waals surface area contributed by atoms with Crippen LogP contribution in [0.2, 0.25) is 0 Å². The molecule has 0 saturated carbocycles. The summed E-state index contributed by atoms with van der Waals surface area (Å²) in [7, 11) is 0. The number of rotatable bonds is 3. The fourth-order valence-electron chi connectivity index (χ4n) is 7.38. The average molecular weight is 575 g/mol. The number of para-hydroxylation sites is 5. The SMILES string of the molecule is c1cc(-n2c3ccccc3c3ccccc32)nc(-n2c3ccccc3c3cc(-n4c5ccccc5c5ccccc54)ccc32)c1. The lowest BCUT2D eigenvalue weighted by Crippen LogP contribution is -2.03. The summed E-state index contributed by atoms with van der Waals surface area (Å²) in [5.74, 6) is 1.79. The zero-order valence-corrected chi connectivity index (χ0v) is 24.3. The van der Waals surface area contributed by atoms with Crippen LogP contribution in [0.4, 0.5) is 0 Å². The Morgan fingerprint density at radius 2 is 0.644 bits per heavy atom. The van der Waals surface area contributed by atoms with Gasteiger partial charge in [-0.15, -0.1) is 0 Å². The molecular weight excluding hydrogens is 548 g/mol. The summed E-state index contributed by atoms with van der Waals surface area (Å²) in [6.45, 7) is 0. The third-order valence-electron chi connectivity index (χ3n) is 9.25. The van der Waals surface area contributed by atoms with Crippen LogP contribution < -0.4 is 0 Å². The fraction of sp³-hybridized carbons (Fsp3) is 0. The lowest BCUT2D eigenvalue weighted by molar-refractivity contribution is 1.01. The Morgan fingerprint density at radius 3 is 1.09 bits per heavy atom. The van der Waals surface area contributed by atoms with Crippen LogP contribution >= 0.6 is 0 Å². The molecule has 0 unspecified atom stereocenters. The Labute approximate surface area is 258 Å². The minimum Gasteiger partial charge on any atom is -0.309 e. The number of hydrogen-bond acceptors (Lipinski definition) is 1. The third-order valence-corrected chi connectivity index (χ3v) is 9.25. The van der Waals surface area contributed by atoms with Crippen molar-refractivity contribution in [2.45, 2.75) is 0 Å². The first-order valence-corrected chi connectivity index (χ1v) is 15.3. The van der Waals surface area contributed by atoms with Gasteiger partial charge in [-0.05, 0) is 60.7 Å². The molecule has 0 aliphatic heterocycles. The highest BCUT2D eigenvalue weighted by atomic mass is 15.1. The van der Waals surface area contributed by atoms with Gasteiger partial charge >= 0.3 is 0 Å². The monoisotopic (exact) mass is 574 g/mol. The van der Waals surface area contributed by atoms with Crippen LogP contribution in [0.15, 0.2) is 158 Å². The first kappa shape index (κ1) is 24.3. The number of hydrogen-bond donors (Lipinski definition) is 0. The summed E-state index contributed by atoms with van der Waals surface area (Å²) in [6, 6.07) is 56.4. The molecular formula is C41H26N4. The Kier molecular flexibility index (Phi) is 4.96. The van der Waals surface area contributed by atoms with Gasteiger partial charge in [0.2, 0.25) is 0 Å². The van der Waals surface area contributed by atoms with E-state index in [1.54, 1.807) is 0 Å². The Bertz CT molecular complexity index is 2670. The molecule has 4 nitrogen and oxygen atoms in total. The predicted octanol–water partition coefficient (Wildman–Crippen LogP) is 10.4. The second-order valence-electron chi connectivity index (χ2n) is 11.6. The zero-order chi connectivity index (χ0) is 29.5. The molecule has 10 aromatic rings. The van der Waals surface area contributed by atoms with Crippen LogP contribution in [-0.4, -0.2) is 18.7 Å². The molecule has 0 N–H and O–H groups in total. The van der Waals surface area contributed by atoms with E-state index in [2.05, 4.69) is 171 Å². The summed E-state index contributed by atoms with van der Waals surface area (Å²) in [5.41, 5.74) is 8.15. The molecule has 0 spiro atoms. The van der Waals surface area contributed by atoms with Crippen molar-refractivity contribution in [3.05, 3.63) is 158 Å². The van der Waals surface area contributed by atoms with E-state index in [9.17, 15) is 0 Å². The summed E-state index contributed by atoms with van der Waals surface area (Å²) < 4.78 is 6.97. The summed E-state index contributed by atoms with van der Waals surface area (Å²) in [5, 5.41) is 7.40. The Balaban J connectivity index is 1.22. The van der Waals surface area contributed by atoms with Crippen LogP contribution in [0.5, 0.6) is 0 Å². The lowest BCUT2D eigenvalue weighted by atomic mass is 10.1. The number of benzene rings is 6. The molecule has 6 aromatic carbocycles. The van der Waals surface area contributed by atoms with Gasteiger partial charge in [0.1, 0.15) is 11.6 Å². The normalized spacial score (nSPS) is 12.0. The smallest absolute Gasteiger partial charge is 0.140 e. The van der Waals surface area contributed by atoms with Gasteiger partial charge in [-0.3, -0.25) is 9.13 Å². The van der Waals surface area contributed by atoms with E-state index in [0.717, 1.165) is 39.4 Å². The number of pyridine rings is 1. The Hall–Kier alpha value is -6.13. The molecule has 0 aliphatic rings. The van der Waals surface area contributed by atoms with E-state index in [1.165, 1.54) is 43.4 Å². The highest BCUT2D eigenvalue weighted by Gasteiger charge is 2.18. The zero-order valence-electron chi connectivity index (χ0n) is 24.3. The van der Waals surface area contributed by atoms with Crippen molar-refractivity contribution in [2.24, 2.45) is 0 Å². The van der Waals surface area contributed by atoms with Crippen molar-refractivity contribution >= 4 is 65.4 Å². The van der Waals surface area contributed by atoms with Crippen LogP contribution in [0.3, 0.4) is 0 Å². The molecule has 4 heteroatoms. The summed E-state index contributed by atoms with van der Waals surface area (Å²) in [6.07, 6.45) is 0. The van der Waals surface area contributed by atoms with Crippen LogP contribution in [0.25, 0.3) is 82.7 Å². The van der Waals surface area contributed by atoms with E-state index in [1.807, 2.05) is 0 Å². The largest absolute Gasteiger partial charge is 0.309 e. The van der Waals surface area contributed by atoms with Gasteiger partial charge in [0.05, 0.1) is 33.1 Å². The van der Waals surface area contributed by atoms with Crippen LogP contribution in [-0.2, 0) is 0 Å². The van der Waals surface area contributed by atoms with E-state index in [-0.39, 0.29) is 0 Å². The molecule has 0 amide bonds. The van der Waals surface area contributed by atoms with Gasteiger partial charge in [0.15, 0.2) is 0 Å². The van der Waals surface area contributed by atoms with Crippen molar-refractivity contribution in [1.29, 1.82) is 0 Å². The highest BCUT2D eigenvalue weighted by Crippen LogP contribution is 2.37. The third kappa shape index (κ3) is 3.39. The number of nitrogens with zero attached hydrogens (tertiary/aromatic N) is 4. The maximum absolute atomic E-state index is 5.33. The topological polar surface area (TPSA) is 27.7 Å². The van der Waals surface area contributed by atoms with Gasteiger partial charge in [0, 0.05) is 38.0 Å². The second kappa shape index (κ2) is 9.18. The maximum Gasteiger partial charge on any atom is 0.140 e. The average Bonchev–Trinajstić information content (AvgIpc) is 3.74. The van der Waals surface area contributed by atoms with Gasteiger partial charge in [-0.1, -0.05) is 97.1 Å². The molecule has 210 valence electrons. The van der Waals surface area contributed by atoms with Crippen molar-refractivity contribution < 1.29 is 0 Å². The van der Waals surface area contributed by atoms with Crippen LogP contribution in [0, 0.1) is 0 Å². The fourth-order valence-corrected chi connectivity index (χ4v) is 7.38. The quantitative estimate of drug-likeness (QED) is 0.206. The molecule has 0 atom stereocenters. The predicted molar refractivity (Wildman–Crippen MR) is 187 cm³/mol. The minimum absolute atomic E-state index is 0.894.